The Kier molecular flexibility index (Phi) is 9.49. The fraction of sp³-hybridized carbons (Fsp3) is 0.700. The van der Waals surface area contributed by atoms with Crippen LogP contribution in [0.3, 0.4) is 0 Å². The van der Waals surface area contributed by atoms with Gasteiger partial charge >= 0.3 is 0 Å². The van der Waals surface area contributed by atoms with Crippen LogP contribution in [0.2, 0.25) is 24.2 Å². The summed E-state index contributed by atoms with van der Waals surface area (Å²) >= 11 is 0. The third kappa shape index (κ3) is 4.81. The van der Waals surface area contributed by atoms with Crippen molar-refractivity contribution in [2.75, 3.05) is 14.2 Å². The van der Waals surface area contributed by atoms with Gasteiger partial charge in [-0.05, 0) is 34.5 Å². The lowest BCUT2D eigenvalue weighted by Crippen LogP contribution is -2.53. The molecule has 4 heteroatoms. The topological polar surface area (TPSA) is 18.5 Å². The molecule has 0 aliphatic carbocycles. The molecule has 0 aromatic heterocycles. The van der Waals surface area contributed by atoms with Gasteiger partial charge < -0.3 is 8.85 Å². The zero-order chi connectivity index (χ0) is 18.1. The Morgan fingerprint density at radius 2 is 0.833 bits per heavy atom. The van der Waals surface area contributed by atoms with E-state index in [1.807, 2.05) is 14.2 Å². The molecule has 0 atom stereocenters. The molecule has 1 rings (SSSR count). The molecule has 0 N–H and O–H groups in total. The van der Waals surface area contributed by atoms with Gasteiger partial charge in [0.05, 0.1) is 0 Å². The summed E-state index contributed by atoms with van der Waals surface area (Å²) in [6.45, 7) is 9.10. The van der Waals surface area contributed by atoms with E-state index in [9.17, 15) is 0 Å². The van der Waals surface area contributed by atoms with Crippen molar-refractivity contribution >= 4 is 27.0 Å². The van der Waals surface area contributed by atoms with Crippen molar-refractivity contribution < 1.29 is 8.85 Å². The van der Waals surface area contributed by atoms with Crippen molar-refractivity contribution in [3.05, 3.63) is 24.3 Å². The zero-order valence-electron chi connectivity index (χ0n) is 16.8. The summed E-state index contributed by atoms with van der Waals surface area (Å²) in [5, 5.41) is 2.92. The van der Waals surface area contributed by atoms with E-state index in [-0.39, 0.29) is 0 Å². The van der Waals surface area contributed by atoms with Gasteiger partial charge in [-0.25, -0.2) is 0 Å². The molecule has 0 amide bonds. The standard InChI is InChI=1S/C20H38O2Si2/c1-7-15-23(21-5,16-8-2)19-11-13-20(14-12-19)24(22-6,17-9-3)18-10-4/h11-14H,7-10,15-18H2,1-6H3. The highest BCUT2D eigenvalue weighted by Gasteiger charge is 2.37. The fourth-order valence-corrected chi connectivity index (χ4v) is 11.9. The molecule has 0 unspecified atom stereocenters. The number of hydrogen-bond acceptors (Lipinski definition) is 2. The summed E-state index contributed by atoms with van der Waals surface area (Å²) in [5.74, 6) is 0. The van der Waals surface area contributed by atoms with Crippen LogP contribution in [0.1, 0.15) is 53.4 Å². The quantitative estimate of drug-likeness (QED) is 0.489. The predicted octanol–water partition coefficient (Wildman–Crippen LogP) is 4.92. The van der Waals surface area contributed by atoms with Gasteiger partial charge in [0.15, 0.2) is 0 Å². The highest BCUT2D eigenvalue weighted by atomic mass is 28.4. The van der Waals surface area contributed by atoms with E-state index in [1.165, 1.54) is 60.2 Å². The van der Waals surface area contributed by atoms with Crippen LogP contribution < -0.4 is 10.4 Å². The van der Waals surface area contributed by atoms with Crippen LogP contribution in [-0.2, 0) is 8.85 Å². The second-order valence-corrected chi connectivity index (χ2v) is 14.9. The first-order chi connectivity index (χ1) is 11.6. The largest absolute Gasteiger partial charge is 0.415 e. The molecule has 0 bridgehead atoms. The van der Waals surface area contributed by atoms with Gasteiger partial charge in [-0.2, -0.15) is 0 Å². The van der Waals surface area contributed by atoms with Gasteiger partial charge in [0.1, 0.15) is 0 Å². The van der Waals surface area contributed by atoms with E-state index in [1.54, 1.807) is 0 Å². The SMILES string of the molecule is CCC[Si](CCC)(OC)c1ccc([Si](CCC)(CCC)OC)cc1. The molecular weight excluding hydrogens is 328 g/mol. The Labute approximate surface area is 152 Å². The molecule has 1 aromatic rings. The summed E-state index contributed by atoms with van der Waals surface area (Å²) < 4.78 is 12.3. The maximum atomic E-state index is 6.17. The molecule has 0 aliphatic rings. The average Bonchev–Trinajstić information content (AvgIpc) is 2.61. The van der Waals surface area contributed by atoms with E-state index in [0.29, 0.717) is 0 Å². The van der Waals surface area contributed by atoms with Crippen molar-refractivity contribution in [1.29, 1.82) is 0 Å². The number of benzene rings is 1. The average molecular weight is 367 g/mol. The minimum atomic E-state index is -1.80. The molecule has 0 aliphatic heterocycles. The molecule has 24 heavy (non-hydrogen) atoms. The molecule has 0 spiro atoms. The summed E-state index contributed by atoms with van der Waals surface area (Å²) in [4.78, 5) is 0. The monoisotopic (exact) mass is 366 g/mol. The Hall–Kier alpha value is -0.426. The lowest BCUT2D eigenvalue weighted by molar-refractivity contribution is 0.399. The second kappa shape index (κ2) is 10.5. The first-order valence-electron chi connectivity index (χ1n) is 9.79. The molecule has 138 valence electrons. The maximum absolute atomic E-state index is 6.17. The highest BCUT2D eigenvalue weighted by Crippen LogP contribution is 2.23. The van der Waals surface area contributed by atoms with Crippen molar-refractivity contribution in [1.82, 2.24) is 0 Å². The molecule has 0 heterocycles. The molecule has 2 nitrogen and oxygen atoms in total. The first-order valence-corrected chi connectivity index (χ1v) is 14.4. The van der Waals surface area contributed by atoms with Gasteiger partial charge in [0.2, 0.25) is 16.6 Å². The van der Waals surface area contributed by atoms with E-state index in [2.05, 4.69) is 52.0 Å². The van der Waals surface area contributed by atoms with Gasteiger partial charge in [-0.15, -0.1) is 0 Å². The molecule has 0 fully saturated rings. The molecule has 0 radical (unpaired) electrons. The Bertz CT molecular complexity index is 404. The molecular formula is C20H38O2Si2. The van der Waals surface area contributed by atoms with E-state index >= 15 is 0 Å². The van der Waals surface area contributed by atoms with E-state index in [4.69, 9.17) is 8.85 Å². The second-order valence-electron chi connectivity index (χ2n) is 6.97. The van der Waals surface area contributed by atoms with Crippen LogP contribution in [0.4, 0.5) is 0 Å². The summed E-state index contributed by atoms with van der Waals surface area (Å²) in [6.07, 6.45) is 4.79. The van der Waals surface area contributed by atoms with Crippen molar-refractivity contribution in [3.8, 4) is 0 Å². The molecule has 0 saturated heterocycles. The van der Waals surface area contributed by atoms with Crippen molar-refractivity contribution in [3.63, 3.8) is 0 Å². The summed E-state index contributed by atoms with van der Waals surface area (Å²) in [7, 11) is 0.248. The predicted molar refractivity (Wildman–Crippen MR) is 112 cm³/mol. The van der Waals surface area contributed by atoms with Crippen LogP contribution in [0.25, 0.3) is 0 Å². The van der Waals surface area contributed by atoms with Crippen LogP contribution >= 0.6 is 0 Å². The van der Waals surface area contributed by atoms with E-state index in [0.717, 1.165) is 0 Å². The van der Waals surface area contributed by atoms with Gasteiger partial charge in [-0.1, -0.05) is 77.6 Å². The summed E-state index contributed by atoms with van der Waals surface area (Å²) in [6, 6.07) is 14.3. The Morgan fingerprint density at radius 1 is 0.583 bits per heavy atom. The Balaban J connectivity index is 3.21. The number of rotatable bonds is 12. The maximum Gasteiger partial charge on any atom is 0.223 e. The van der Waals surface area contributed by atoms with Crippen molar-refractivity contribution in [2.45, 2.75) is 77.6 Å². The minimum Gasteiger partial charge on any atom is -0.415 e. The highest BCUT2D eigenvalue weighted by molar-refractivity contribution is 6.88. The smallest absolute Gasteiger partial charge is 0.223 e. The first kappa shape index (κ1) is 21.6. The van der Waals surface area contributed by atoms with Gasteiger partial charge in [0.25, 0.3) is 0 Å². The van der Waals surface area contributed by atoms with Crippen LogP contribution in [0.15, 0.2) is 24.3 Å². The fourth-order valence-electron chi connectivity index (χ4n) is 4.16. The van der Waals surface area contributed by atoms with Crippen molar-refractivity contribution in [2.24, 2.45) is 0 Å². The normalized spacial score (nSPS) is 12.6. The van der Waals surface area contributed by atoms with Gasteiger partial charge in [0, 0.05) is 14.2 Å². The lowest BCUT2D eigenvalue weighted by Gasteiger charge is -2.32. The van der Waals surface area contributed by atoms with Crippen LogP contribution in [0.5, 0.6) is 0 Å². The van der Waals surface area contributed by atoms with E-state index < -0.39 is 16.6 Å². The molecule has 0 saturated carbocycles. The summed E-state index contributed by atoms with van der Waals surface area (Å²) in [5.41, 5.74) is 0. The third-order valence-corrected chi connectivity index (χ3v) is 14.9. The number of hydrogen-bond donors (Lipinski definition) is 0. The van der Waals surface area contributed by atoms with Crippen LogP contribution in [-0.4, -0.2) is 30.9 Å². The zero-order valence-corrected chi connectivity index (χ0v) is 18.8. The molecule has 1 aromatic carbocycles. The van der Waals surface area contributed by atoms with Crippen LogP contribution in [0, 0.1) is 0 Å². The lowest BCUT2D eigenvalue weighted by atomic mass is 10.4. The van der Waals surface area contributed by atoms with Gasteiger partial charge in [-0.3, -0.25) is 0 Å². The minimum absolute atomic E-state index is 1.20. The Morgan fingerprint density at radius 3 is 1.00 bits per heavy atom. The third-order valence-electron chi connectivity index (χ3n) is 5.33.